The van der Waals surface area contributed by atoms with Crippen LogP contribution in [0.4, 0.5) is 13.2 Å². The third kappa shape index (κ3) is 3.84. The summed E-state index contributed by atoms with van der Waals surface area (Å²) in [5.74, 6) is -0.414. The Morgan fingerprint density at radius 1 is 1.05 bits per heavy atom. The maximum absolute atomic E-state index is 13.2. The highest BCUT2D eigenvalue weighted by Gasteiger charge is 2.13. The second-order valence-electron chi connectivity index (χ2n) is 4.47. The van der Waals surface area contributed by atoms with Crippen molar-refractivity contribution >= 4 is 15.9 Å². The van der Waals surface area contributed by atoms with Crippen LogP contribution in [0.5, 0.6) is 0 Å². The molecule has 0 heterocycles. The van der Waals surface area contributed by atoms with Gasteiger partial charge < -0.3 is 5.11 Å². The van der Waals surface area contributed by atoms with Crippen LogP contribution in [0.25, 0.3) is 0 Å². The fourth-order valence-corrected chi connectivity index (χ4v) is 2.48. The summed E-state index contributed by atoms with van der Waals surface area (Å²) in [6.45, 7) is 0. The lowest BCUT2D eigenvalue weighted by atomic mass is 10.00. The molecule has 1 atom stereocenters. The van der Waals surface area contributed by atoms with Crippen LogP contribution in [0.2, 0.25) is 0 Å². The molecule has 0 aliphatic rings. The van der Waals surface area contributed by atoms with Gasteiger partial charge in [0.2, 0.25) is 0 Å². The van der Waals surface area contributed by atoms with Crippen LogP contribution >= 0.6 is 15.9 Å². The molecule has 2 aromatic rings. The summed E-state index contributed by atoms with van der Waals surface area (Å²) in [6, 6.07) is 9.93. The molecule has 0 fully saturated rings. The number of hydrogen-bond acceptors (Lipinski definition) is 1. The molecule has 1 nitrogen and oxygen atoms in total. The third-order valence-electron chi connectivity index (χ3n) is 2.90. The van der Waals surface area contributed by atoms with Crippen LogP contribution in [0, 0.1) is 5.82 Å². The van der Waals surface area contributed by atoms with Gasteiger partial charge in [0.25, 0.3) is 6.43 Å². The van der Waals surface area contributed by atoms with Crippen LogP contribution in [0.15, 0.2) is 46.9 Å². The van der Waals surface area contributed by atoms with E-state index < -0.39 is 18.3 Å². The van der Waals surface area contributed by atoms with Crippen LogP contribution in [0.3, 0.4) is 0 Å². The smallest absolute Gasteiger partial charge is 0.263 e. The first kappa shape index (κ1) is 15.1. The molecule has 2 rings (SSSR count). The average molecular weight is 345 g/mol. The second-order valence-corrected chi connectivity index (χ2v) is 5.38. The van der Waals surface area contributed by atoms with Gasteiger partial charge in [0, 0.05) is 16.5 Å². The van der Waals surface area contributed by atoms with E-state index in [9.17, 15) is 18.3 Å². The van der Waals surface area contributed by atoms with Crippen molar-refractivity contribution < 1.29 is 18.3 Å². The van der Waals surface area contributed by atoms with Crippen LogP contribution in [0.1, 0.15) is 29.2 Å². The van der Waals surface area contributed by atoms with E-state index in [-0.39, 0.29) is 12.0 Å². The lowest BCUT2D eigenvalue weighted by Gasteiger charge is -2.13. The summed E-state index contributed by atoms with van der Waals surface area (Å²) in [5.41, 5.74) is 0.844. The standard InChI is InChI=1S/C15H12BrF3O/c16-12-4-9(5-13(17)8-12)6-14(20)10-2-1-3-11(7-10)15(18)19/h1-5,7-8,14-15,20H,6H2. The summed E-state index contributed by atoms with van der Waals surface area (Å²) in [4.78, 5) is 0. The average Bonchev–Trinajstić information content (AvgIpc) is 2.37. The van der Waals surface area contributed by atoms with Gasteiger partial charge in [-0.05, 0) is 35.4 Å². The number of aliphatic hydroxyl groups is 1. The van der Waals surface area contributed by atoms with Crippen molar-refractivity contribution in [1.29, 1.82) is 0 Å². The van der Waals surface area contributed by atoms with Crippen molar-refractivity contribution in [2.75, 3.05) is 0 Å². The number of halogens is 4. The lowest BCUT2D eigenvalue weighted by Crippen LogP contribution is -2.03. The van der Waals surface area contributed by atoms with E-state index in [1.165, 1.54) is 30.3 Å². The minimum Gasteiger partial charge on any atom is -0.388 e. The molecular formula is C15H12BrF3O. The van der Waals surface area contributed by atoms with E-state index >= 15 is 0 Å². The summed E-state index contributed by atoms with van der Waals surface area (Å²) < 4.78 is 39.0. The number of rotatable bonds is 4. The Kier molecular flexibility index (Phi) is 4.83. The van der Waals surface area contributed by atoms with Crippen molar-refractivity contribution in [3.05, 3.63) is 69.4 Å². The van der Waals surface area contributed by atoms with E-state index in [1.807, 2.05) is 0 Å². The molecule has 0 aliphatic carbocycles. The summed E-state index contributed by atoms with van der Waals surface area (Å²) >= 11 is 3.17. The summed E-state index contributed by atoms with van der Waals surface area (Å²) in [6.07, 6.45) is -3.38. The largest absolute Gasteiger partial charge is 0.388 e. The van der Waals surface area contributed by atoms with E-state index in [4.69, 9.17) is 0 Å². The highest BCUT2D eigenvalue weighted by atomic mass is 79.9. The highest BCUT2D eigenvalue weighted by molar-refractivity contribution is 9.10. The molecule has 0 amide bonds. The molecular weight excluding hydrogens is 333 g/mol. The number of aliphatic hydroxyl groups excluding tert-OH is 1. The Balaban J connectivity index is 2.19. The first-order chi connectivity index (χ1) is 9.45. The van der Waals surface area contributed by atoms with Gasteiger partial charge in [-0.25, -0.2) is 13.2 Å². The van der Waals surface area contributed by atoms with E-state index in [1.54, 1.807) is 12.1 Å². The maximum atomic E-state index is 13.2. The van der Waals surface area contributed by atoms with Gasteiger partial charge in [0.1, 0.15) is 5.82 Å². The van der Waals surface area contributed by atoms with Gasteiger partial charge in [-0.1, -0.05) is 34.1 Å². The minimum absolute atomic E-state index is 0.137. The molecule has 0 saturated heterocycles. The molecule has 1 N–H and O–H groups in total. The van der Waals surface area contributed by atoms with E-state index in [0.717, 1.165) is 0 Å². The molecule has 0 aliphatic heterocycles. The monoisotopic (exact) mass is 344 g/mol. The number of alkyl halides is 2. The van der Waals surface area contributed by atoms with E-state index in [2.05, 4.69) is 15.9 Å². The van der Waals surface area contributed by atoms with Crippen LogP contribution in [-0.2, 0) is 6.42 Å². The molecule has 106 valence electrons. The number of benzene rings is 2. The summed E-state index contributed by atoms with van der Waals surface area (Å²) in [5, 5.41) is 10.1. The lowest BCUT2D eigenvalue weighted by molar-refractivity contribution is 0.149. The zero-order valence-corrected chi connectivity index (χ0v) is 11.9. The third-order valence-corrected chi connectivity index (χ3v) is 3.36. The quantitative estimate of drug-likeness (QED) is 0.844. The van der Waals surface area contributed by atoms with Crippen molar-refractivity contribution in [3.8, 4) is 0 Å². The van der Waals surface area contributed by atoms with Gasteiger partial charge in [-0.2, -0.15) is 0 Å². The molecule has 5 heteroatoms. The minimum atomic E-state index is -2.58. The van der Waals surface area contributed by atoms with Crippen molar-refractivity contribution in [1.82, 2.24) is 0 Å². The summed E-state index contributed by atoms with van der Waals surface area (Å²) in [7, 11) is 0. The fraction of sp³-hybridized carbons (Fsp3) is 0.200. The predicted molar refractivity (Wildman–Crippen MR) is 74.2 cm³/mol. The molecule has 2 aromatic carbocycles. The topological polar surface area (TPSA) is 20.2 Å². The van der Waals surface area contributed by atoms with Gasteiger partial charge >= 0.3 is 0 Å². The fourth-order valence-electron chi connectivity index (χ4n) is 1.97. The highest BCUT2D eigenvalue weighted by Crippen LogP contribution is 2.25. The van der Waals surface area contributed by atoms with Gasteiger partial charge in [0.15, 0.2) is 0 Å². The van der Waals surface area contributed by atoms with Crippen molar-refractivity contribution in [3.63, 3.8) is 0 Å². The second kappa shape index (κ2) is 6.41. The van der Waals surface area contributed by atoms with Gasteiger partial charge in [-0.15, -0.1) is 0 Å². The maximum Gasteiger partial charge on any atom is 0.263 e. The van der Waals surface area contributed by atoms with Gasteiger partial charge in [0.05, 0.1) is 6.10 Å². The molecule has 0 saturated carbocycles. The first-order valence-corrected chi connectivity index (χ1v) is 6.76. The number of hydrogen-bond donors (Lipinski definition) is 1. The van der Waals surface area contributed by atoms with Crippen molar-refractivity contribution in [2.45, 2.75) is 19.0 Å². The zero-order chi connectivity index (χ0) is 14.7. The Labute approximate surface area is 123 Å². The normalized spacial score (nSPS) is 12.7. The molecule has 0 radical (unpaired) electrons. The molecule has 0 spiro atoms. The SMILES string of the molecule is OC(Cc1cc(F)cc(Br)c1)c1cccc(C(F)F)c1. The Morgan fingerprint density at radius 3 is 2.40 bits per heavy atom. The molecule has 0 bridgehead atoms. The van der Waals surface area contributed by atoms with Crippen LogP contribution < -0.4 is 0 Å². The van der Waals surface area contributed by atoms with Gasteiger partial charge in [-0.3, -0.25) is 0 Å². The van der Waals surface area contributed by atoms with Crippen LogP contribution in [-0.4, -0.2) is 5.11 Å². The Morgan fingerprint density at radius 2 is 1.75 bits per heavy atom. The Hall–Kier alpha value is -1.33. The first-order valence-electron chi connectivity index (χ1n) is 5.97. The molecule has 1 unspecified atom stereocenters. The molecule has 0 aromatic heterocycles. The van der Waals surface area contributed by atoms with E-state index in [0.29, 0.717) is 15.6 Å². The zero-order valence-electron chi connectivity index (χ0n) is 10.4. The van der Waals surface area contributed by atoms with Crippen molar-refractivity contribution in [2.24, 2.45) is 0 Å². The predicted octanol–water partition coefficient (Wildman–Crippen LogP) is 4.80. The molecule has 20 heavy (non-hydrogen) atoms. The Bertz CT molecular complexity index is 581.